The molecule has 15 heavy (non-hydrogen) atoms. The van der Waals surface area contributed by atoms with Gasteiger partial charge in [0.1, 0.15) is 6.54 Å². The summed E-state index contributed by atoms with van der Waals surface area (Å²) in [6.07, 6.45) is 0.0228. The average molecular weight is 217 g/mol. The predicted octanol–water partition coefficient (Wildman–Crippen LogP) is -0.224. The monoisotopic (exact) mass is 217 g/mol. The van der Waals surface area contributed by atoms with E-state index in [1.807, 2.05) is 0 Å². The molecule has 86 valence electrons. The first-order valence-corrected chi connectivity index (χ1v) is 4.51. The van der Waals surface area contributed by atoms with E-state index in [4.69, 9.17) is 5.11 Å². The second-order valence-corrected chi connectivity index (χ2v) is 3.26. The van der Waals surface area contributed by atoms with Gasteiger partial charge in [0.25, 0.3) is 0 Å². The number of rotatable bonds is 6. The molecule has 0 fully saturated rings. The van der Waals surface area contributed by atoms with Crippen molar-refractivity contribution in [2.75, 3.05) is 13.7 Å². The van der Waals surface area contributed by atoms with Crippen molar-refractivity contribution in [3.8, 4) is 0 Å². The topological polar surface area (TPSA) is 92.7 Å². The highest BCUT2D eigenvalue weighted by Gasteiger charge is 2.13. The van der Waals surface area contributed by atoms with E-state index in [2.05, 4.69) is 10.1 Å². The maximum absolute atomic E-state index is 11.1. The molecule has 1 amide bonds. The Balaban J connectivity index is 3.73. The summed E-state index contributed by atoms with van der Waals surface area (Å²) in [5.41, 5.74) is 0. The number of hydrogen-bond acceptors (Lipinski definition) is 4. The molecule has 0 aromatic carbocycles. The highest BCUT2D eigenvalue weighted by atomic mass is 16.5. The van der Waals surface area contributed by atoms with Crippen LogP contribution in [0.2, 0.25) is 0 Å². The molecular formula is C9H15NO5. The molecule has 0 saturated heterocycles. The number of esters is 1. The van der Waals surface area contributed by atoms with Crippen LogP contribution < -0.4 is 5.32 Å². The molecule has 2 N–H and O–H groups in total. The zero-order valence-corrected chi connectivity index (χ0v) is 8.78. The third-order valence-corrected chi connectivity index (χ3v) is 1.71. The smallest absolute Gasteiger partial charge is 0.325 e. The van der Waals surface area contributed by atoms with E-state index in [9.17, 15) is 14.4 Å². The van der Waals surface area contributed by atoms with E-state index < -0.39 is 11.9 Å². The number of methoxy groups -OCH3 is 1. The Morgan fingerprint density at radius 2 is 1.93 bits per heavy atom. The molecule has 0 heterocycles. The van der Waals surface area contributed by atoms with Crippen molar-refractivity contribution < 1.29 is 24.2 Å². The van der Waals surface area contributed by atoms with Crippen molar-refractivity contribution in [2.45, 2.75) is 19.8 Å². The molecule has 0 saturated carbocycles. The lowest BCUT2D eigenvalue weighted by molar-refractivity contribution is -0.141. The van der Waals surface area contributed by atoms with Crippen LogP contribution in [0.3, 0.4) is 0 Å². The Kier molecular flexibility index (Phi) is 6.08. The van der Waals surface area contributed by atoms with Crippen molar-refractivity contribution in [3.05, 3.63) is 0 Å². The minimum absolute atomic E-state index is 0.0638. The largest absolute Gasteiger partial charge is 0.481 e. The summed E-state index contributed by atoms with van der Waals surface area (Å²) in [5, 5.41) is 10.8. The normalized spacial score (nSPS) is 11.6. The van der Waals surface area contributed by atoms with E-state index in [0.29, 0.717) is 0 Å². The first-order chi connectivity index (χ1) is 6.95. The molecular weight excluding hydrogens is 202 g/mol. The lowest BCUT2D eigenvalue weighted by Crippen LogP contribution is -2.31. The van der Waals surface area contributed by atoms with Crippen molar-refractivity contribution in [1.82, 2.24) is 5.32 Å². The molecule has 0 aromatic rings. The third-order valence-electron chi connectivity index (χ3n) is 1.71. The summed E-state index contributed by atoms with van der Waals surface area (Å²) in [7, 11) is 1.22. The predicted molar refractivity (Wildman–Crippen MR) is 51.1 cm³/mol. The van der Waals surface area contributed by atoms with Crippen LogP contribution in [-0.2, 0) is 19.1 Å². The van der Waals surface area contributed by atoms with Crippen LogP contribution in [0.25, 0.3) is 0 Å². The van der Waals surface area contributed by atoms with Crippen molar-refractivity contribution in [3.63, 3.8) is 0 Å². The number of amides is 1. The van der Waals surface area contributed by atoms with E-state index >= 15 is 0 Å². The second-order valence-electron chi connectivity index (χ2n) is 3.26. The van der Waals surface area contributed by atoms with E-state index in [-0.39, 0.29) is 31.2 Å². The minimum Gasteiger partial charge on any atom is -0.481 e. The van der Waals surface area contributed by atoms with Crippen LogP contribution in [0.1, 0.15) is 19.8 Å². The van der Waals surface area contributed by atoms with Gasteiger partial charge in [-0.05, 0) is 5.92 Å². The van der Waals surface area contributed by atoms with E-state index in [0.717, 1.165) is 0 Å². The number of carbonyl (C=O) groups excluding carboxylic acids is 2. The fourth-order valence-corrected chi connectivity index (χ4v) is 1.00. The molecule has 0 rings (SSSR count). The fourth-order valence-electron chi connectivity index (χ4n) is 1.00. The summed E-state index contributed by atoms with van der Waals surface area (Å²) in [6.45, 7) is 1.47. The average Bonchev–Trinajstić information content (AvgIpc) is 2.12. The van der Waals surface area contributed by atoms with Crippen molar-refractivity contribution in [2.24, 2.45) is 5.92 Å². The zero-order valence-electron chi connectivity index (χ0n) is 8.78. The Morgan fingerprint density at radius 3 is 2.40 bits per heavy atom. The number of aliphatic carboxylic acids is 1. The summed E-state index contributed by atoms with van der Waals surface area (Å²) in [4.78, 5) is 32.1. The minimum atomic E-state index is -0.941. The highest BCUT2D eigenvalue weighted by molar-refractivity contribution is 5.82. The van der Waals surface area contributed by atoms with Gasteiger partial charge < -0.3 is 15.2 Å². The van der Waals surface area contributed by atoms with Gasteiger partial charge in [-0.3, -0.25) is 14.4 Å². The maximum atomic E-state index is 11.1. The molecule has 0 aliphatic rings. The van der Waals surface area contributed by atoms with Crippen LogP contribution in [0, 0.1) is 5.92 Å². The zero-order chi connectivity index (χ0) is 11.8. The van der Waals surface area contributed by atoms with Crippen LogP contribution in [0.15, 0.2) is 0 Å². The number of carboxylic acids is 1. The van der Waals surface area contributed by atoms with Gasteiger partial charge in [0, 0.05) is 12.8 Å². The lowest BCUT2D eigenvalue weighted by atomic mass is 10.0. The first kappa shape index (κ1) is 13.4. The maximum Gasteiger partial charge on any atom is 0.325 e. The molecule has 1 unspecified atom stereocenters. The second kappa shape index (κ2) is 6.80. The van der Waals surface area contributed by atoms with Crippen LogP contribution in [-0.4, -0.2) is 36.6 Å². The van der Waals surface area contributed by atoms with Gasteiger partial charge in [-0.2, -0.15) is 0 Å². The Labute approximate surface area is 87.6 Å². The standard InChI is InChI=1S/C9H15NO5/c1-6(4-8(12)13)3-7(11)10-5-9(14)15-2/h6H,3-5H2,1-2H3,(H,10,11)(H,12,13). The van der Waals surface area contributed by atoms with Gasteiger partial charge in [-0.25, -0.2) is 0 Å². The van der Waals surface area contributed by atoms with Crippen molar-refractivity contribution >= 4 is 17.8 Å². The Bertz CT molecular complexity index is 251. The van der Waals surface area contributed by atoms with E-state index in [1.54, 1.807) is 6.92 Å². The van der Waals surface area contributed by atoms with Gasteiger partial charge in [0.05, 0.1) is 7.11 Å². The van der Waals surface area contributed by atoms with Gasteiger partial charge in [0.15, 0.2) is 0 Å². The number of hydrogen-bond donors (Lipinski definition) is 2. The van der Waals surface area contributed by atoms with Crippen LogP contribution in [0.5, 0.6) is 0 Å². The lowest BCUT2D eigenvalue weighted by Gasteiger charge is -2.08. The van der Waals surface area contributed by atoms with Crippen molar-refractivity contribution in [1.29, 1.82) is 0 Å². The molecule has 1 atom stereocenters. The van der Waals surface area contributed by atoms with Crippen LogP contribution >= 0.6 is 0 Å². The number of carboxylic acid groups (broad SMARTS) is 1. The molecule has 0 spiro atoms. The number of carbonyl (C=O) groups is 3. The molecule has 0 aliphatic heterocycles. The Morgan fingerprint density at radius 1 is 1.33 bits per heavy atom. The Hall–Kier alpha value is -1.59. The summed E-state index contributed by atoms with van der Waals surface area (Å²) < 4.78 is 4.32. The first-order valence-electron chi connectivity index (χ1n) is 4.51. The van der Waals surface area contributed by atoms with Crippen LogP contribution in [0.4, 0.5) is 0 Å². The van der Waals surface area contributed by atoms with E-state index in [1.165, 1.54) is 7.11 Å². The molecule has 6 heteroatoms. The van der Waals surface area contributed by atoms with Gasteiger partial charge in [-0.15, -0.1) is 0 Å². The highest BCUT2D eigenvalue weighted by Crippen LogP contribution is 2.06. The summed E-state index contributed by atoms with van der Waals surface area (Å²) in [6, 6.07) is 0. The van der Waals surface area contributed by atoms with Gasteiger partial charge >= 0.3 is 11.9 Å². The third kappa shape index (κ3) is 7.48. The molecule has 6 nitrogen and oxygen atoms in total. The SMILES string of the molecule is COC(=O)CNC(=O)CC(C)CC(=O)O. The fraction of sp³-hybridized carbons (Fsp3) is 0.667. The molecule has 0 radical (unpaired) electrons. The summed E-state index contributed by atoms with van der Waals surface area (Å²) in [5.74, 6) is -2.08. The van der Waals surface area contributed by atoms with Gasteiger partial charge in [-0.1, -0.05) is 6.92 Å². The molecule has 0 aliphatic carbocycles. The number of nitrogens with one attached hydrogen (secondary N) is 1. The molecule has 0 aromatic heterocycles. The quantitative estimate of drug-likeness (QED) is 0.600. The van der Waals surface area contributed by atoms with Gasteiger partial charge in [0.2, 0.25) is 5.91 Å². The number of ether oxygens (including phenoxy) is 1. The summed E-state index contributed by atoms with van der Waals surface area (Å²) >= 11 is 0. The molecule has 0 bridgehead atoms.